The van der Waals surface area contributed by atoms with Gasteiger partial charge in [0.1, 0.15) is 22.6 Å². The molecule has 27 heavy (non-hydrogen) atoms. The molecule has 0 aliphatic rings. The lowest BCUT2D eigenvalue weighted by Crippen LogP contribution is -2.37. The van der Waals surface area contributed by atoms with E-state index in [0.717, 1.165) is 10.4 Å². The summed E-state index contributed by atoms with van der Waals surface area (Å²) in [4.78, 5) is 33.5. The second-order valence-electron chi connectivity index (χ2n) is 5.58. The van der Waals surface area contributed by atoms with Crippen molar-refractivity contribution < 1.29 is 14.3 Å². The fourth-order valence-electron chi connectivity index (χ4n) is 2.67. The van der Waals surface area contributed by atoms with Gasteiger partial charge in [0.05, 0.1) is 13.2 Å². The van der Waals surface area contributed by atoms with Crippen molar-refractivity contribution in [2.45, 2.75) is 6.04 Å². The Morgan fingerprint density at radius 3 is 2.89 bits per heavy atom. The molecule has 2 heterocycles. The number of fused-ring (bicyclic) bond motifs is 1. The third kappa shape index (κ3) is 4.12. The van der Waals surface area contributed by atoms with Gasteiger partial charge in [0, 0.05) is 17.5 Å². The maximum Gasteiger partial charge on any atom is 0.270 e. The van der Waals surface area contributed by atoms with Crippen LogP contribution in [-0.4, -0.2) is 35.4 Å². The predicted molar refractivity (Wildman–Crippen MR) is 104 cm³/mol. The Morgan fingerprint density at radius 1 is 1.30 bits per heavy atom. The van der Waals surface area contributed by atoms with Crippen molar-refractivity contribution in [2.24, 2.45) is 0 Å². The van der Waals surface area contributed by atoms with Crippen LogP contribution < -0.4 is 15.4 Å². The van der Waals surface area contributed by atoms with Crippen molar-refractivity contribution in [2.75, 3.05) is 13.7 Å². The minimum Gasteiger partial charge on any atom is -0.496 e. The van der Waals surface area contributed by atoms with Crippen LogP contribution in [0, 0.1) is 0 Å². The normalized spacial score (nSPS) is 11.6. The Hall–Kier alpha value is -3.26. The molecule has 0 spiro atoms. The maximum absolute atomic E-state index is 12.6. The first-order valence-electron chi connectivity index (χ1n) is 8.16. The van der Waals surface area contributed by atoms with Crippen molar-refractivity contribution in [1.29, 1.82) is 0 Å². The lowest BCUT2D eigenvalue weighted by Gasteiger charge is -2.21. The molecule has 0 bridgehead atoms. The average Bonchev–Trinajstić information content (AvgIpc) is 3.19. The lowest BCUT2D eigenvalue weighted by molar-refractivity contribution is -0.117. The van der Waals surface area contributed by atoms with Crippen LogP contribution in [0.3, 0.4) is 0 Å². The molecule has 3 rings (SSSR count). The monoisotopic (exact) mass is 382 g/mol. The van der Waals surface area contributed by atoms with Crippen molar-refractivity contribution in [1.82, 2.24) is 20.6 Å². The number of amides is 2. The highest BCUT2D eigenvalue weighted by molar-refractivity contribution is 7.16. The molecule has 1 atom stereocenters. The van der Waals surface area contributed by atoms with Gasteiger partial charge in [-0.25, -0.2) is 9.97 Å². The van der Waals surface area contributed by atoms with Gasteiger partial charge < -0.3 is 15.4 Å². The van der Waals surface area contributed by atoms with E-state index in [1.54, 1.807) is 13.2 Å². The zero-order chi connectivity index (χ0) is 19.2. The van der Waals surface area contributed by atoms with E-state index in [4.69, 9.17) is 4.74 Å². The highest BCUT2D eigenvalue weighted by atomic mass is 32.1. The van der Waals surface area contributed by atoms with Gasteiger partial charge in [-0.3, -0.25) is 9.59 Å². The first kappa shape index (κ1) is 18.5. The molecule has 0 aliphatic carbocycles. The molecular formula is C19H18N4O3S. The number of methoxy groups -OCH3 is 1. The van der Waals surface area contributed by atoms with Crippen molar-refractivity contribution in [3.8, 4) is 5.75 Å². The maximum atomic E-state index is 12.6. The minimum absolute atomic E-state index is 0.161. The third-order valence-electron chi connectivity index (χ3n) is 3.96. The molecule has 2 amide bonds. The zero-order valence-electron chi connectivity index (χ0n) is 14.6. The number of carbonyl (C=O) groups excluding carboxylic acids is 2. The summed E-state index contributed by atoms with van der Waals surface area (Å²) in [6.45, 7) is 3.64. The van der Waals surface area contributed by atoms with Crippen LogP contribution in [0.5, 0.6) is 5.75 Å². The summed E-state index contributed by atoms with van der Waals surface area (Å²) in [5, 5.41) is 8.20. The predicted octanol–water partition coefficient (Wildman–Crippen LogP) is 2.47. The van der Waals surface area contributed by atoms with E-state index >= 15 is 0 Å². The number of nitrogens with zero attached hydrogens (tertiary/aromatic N) is 2. The fourth-order valence-corrected chi connectivity index (χ4v) is 3.41. The van der Waals surface area contributed by atoms with Crippen LogP contribution >= 0.6 is 11.3 Å². The lowest BCUT2D eigenvalue weighted by atomic mass is 10.1. The summed E-state index contributed by atoms with van der Waals surface area (Å²) in [6, 6.07) is 8.62. The standard InChI is InChI=1S/C19H18N4O3S/c1-3-16(24)23-14(12-6-4-5-7-15(12)26-2)10-20-18(25)17-13-8-9-27-19(13)22-11-21-17/h3-9,11,14H,1,10H2,2H3,(H,20,25)(H,23,24). The van der Waals surface area contributed by atoms with Crippen LogP contribution in [0.25, 0.3) is 10.2 Å². The summed E-state index contributed by atoms with van der Waals surface area (Å²) >= 11 is 1.44. The van der Waals surface area contributed by atoms with Crippen molar-refractivity contribution in [3.05, 3.63) is 66.0 Å². The summed E-state index contributed by atoms with van der Waals surface area (Å²) in [5.41, 5.74) is 1.05. The zero-order valence-corrected chi connectivity index (χ0v) is 15.5. The van der Waals surface area contributed by atoms with E-state index in [1.807, 2.05) is 29.6 Å². The summed E-state index contributed by atoms with van der Waals surface area (Å²) in [7, 11) is 1.55. The smallest absolute Gasteiger partial charge is 0.270 e. The summed E-state index contributed by atoms with van der Waals surface area (Å²) < 4.78 is 5.37. The van der Waals surface area contributed by atoms with Gasteiger partial charge in [0.15, 0.2) is 0 Å². The highest BCUT2D eigenvalue weighted by Gasteiger charge is 2.20. The molecule has 3 aromatic rings. The van der Waals surface area contributed by atoms with E-state index < -0.39 is 6.04 Å². The van der Waals surface area contributed by atoms with E-state index in [9.17, 15) is 9.59 Å². The number of rotatable bonds is 7. The molecule has 0 radical (unpaired) electrons. The molecule has 0 aliphatic heterocycles. The first-order valence-corrected chi connectivity index (χ1v) is 9.04. The largest absolute Gasteiger partial charge is 0.496 e. The Morgan fingerprint density at radius 2 is 2.11 bits per heavy atom. The fraction of sp³-hybridized carbons (Fsp3) is 0.158. The number of benzene rings is 1. The third-order valence-corrected chi connectivity index (χ3v) is 4.78. The number of aromatic nitrogens is 2. The van der Waals surface area contributed by atoms with Gasteiger partial charge in [-0.05, 0) is 23.6 Å². The van der Waals surface area contributed by atoms with Gasteiger partial charge in [-0.15, -0.1) is 11.3 Å². The molecule has 0 saturated carbocycles. The number of nitrogens with one attached hydrogen (secondary N) is 2. The molecule has 2 N–H and O–H groups in total. The average molecular weight is 382 g/mol. The number of para-hydroxylation sites is 1. The van der Waals surface area contributed by atoms with Gasteiger partial charge in [-0.1, -0.05) is 24.8 Å². The Balaban J connectivity index is 1.82. The molecule has 0 fully saturated rings. The molecule has 8 heteroatoms. The van der Waals surface area contributed by atoms with Gasteiger partial charge in [0.25, 0.3) is 5.91 Å². The first-order chi connectivity index (χ1) is 13.1. The number of thiophene rings is 1. The quantitative estimate of drug-likeness (QED) is 0.613. The van der Waals surface area contributed by atoms with Gasteiger partial charge >= 0.3 is 0 Å². The van der Waals surface area contributed by atoms with Gasteiger partial charge in [0.2, 0.25) is 5.91 Å². The van der Waals surface area contributed by atoms with E-state index in [2.05, 4.69) is 27.2 Å². The second-order valence-corrected chi connectivity index (χ2v) is 6.47. The topological polar surface area (TPSA) is 93.2 Å². The molecule has 138 valence electrons. The Bertz CT molecular complexity index is 986. The minimum atomic E-state index is -0.490. The summed E-state index contributed by atoms with van der Waals surface area (Å²) in [5.74, 6) is -0.0701. The summed E-state index contributed by atoms with van der Waals surface area (Å²) in [6.07, 6.45) is 2.55. The molecule has 7 nitrogen and oxygen atoms in total. The van der Waals surface area contributed by atoms with E-state index in [1.165, 1.54) is 23.7 Å². The number of hydrogen-bond donors (Lipinski definition) is 2. The van der Waals surface area contributed by atoms with Crippen LogP contribution in [-0.2, 0) is 4.79 Å². The molecule has 1 unspecified atom stereocenters. The molecule has 0 saturated heterocycles. The van der Waals surface area contributed by atoms with E-state index in [-0.39, 0.29) is 18.4 Å². The van der Waals surface area contributed by atoms with E-state index in [0.29, 0.717) is 16.8 Å². The van der Waals surface area contributed by atoms with Crippen LogP contribution in [0.15, 0.2) is 54.7 Å². The van der Waals surface area contributed by atoms with Crippen LogP contribution in [0.1, 0.15) is 22.1 Å². The Kier molecular flexibility index (Phi) is 5.77. The molecule has 1 aromatic carbocycles. The number of ether oxygens (including phenoxy) is 1. The SMILES string of the molecule is C=CC(=O)NC(CNC(=O)c1ncnc2sccc12)c1ccccc1OC. The van der Waals surface area contributed by atoms with Gasteiger partial charge in [-0.2, -0.15) is 0 Å². The van der Waals surface area contributed by atoms with Crippen LogP contribution in [0.4, 0.5) is 0 Å². The number of hydrogen-bond acceptors (Lipinski definition) is 6. The Labute approximate surface area is 160 Å². The van der Waals surface area contributed by atoms with Crippen LogP contribution in [0.2, 0.25) is 0 Å². The highest BCUT2D eigenvalue weighted by Crippen LogP contribution is 2.25. The molecular weight excluding hydrogens is 364 g/mol. The number of carbonyl (C=O) groups is 2. The van der Waals surface area contributed by atoms with Crippen molar-refractivity contribution >= 4 is 33.4 Å². The van der Waals surface area contributed by atoms with Crippen molar-refractivity contribution in [3.63, 3.8) is 0 Å². The molecule has 2 aromatic heterocycles. The second kappa shape index (κ2) is 8.41.